The van der Waals surface area contributed by atoms with E-state index < -0.39 is 32.2 Å². The Morgan fingerprint density at radius 1 is 1.30 bits per heavy atom. The molecule has 0 heterocycles. The van der Waals surface area contributed by atoms with Crippen molar-refractivity contribution in [3.8, 4) is 5.75 Å². The SMILES string of the molecule is Cc1c(CS(=O)(=O)F)cc(N=[N+]=[N-])cc1OS(=O)(=O)F. The van der Waals surface area contributed by atoms with Gasteiger partial charge in [-0.2, -0.15) is 16.8 Å². The Balaban J connectivity index is 3.47. The minimum atomic E-state index is -5.37. The number of rotatable bonds is 5. The van der Waals surface area contributed by atoms with Gasteiger partial charge in [0.05, 0.1) is 0 Å². The van der Waals surface area contributed by atoms with Gasteiger partial charge in [0.1, 0.15) is 11.5 Å². The Morgan fingerprint density at radius 3 is 2.35 bits per heavy atom. The topological polar surface area (TPSA) is 126 Å². The lowest BCUT2D eigenvalue weighted by atomic mass is 10.1. The van der Waals surface area contributed by atoms with Crippen LogP contribution in [0.25, 0.3) is 10.4 Å². The van der Waals surface area contributed by atoms with Crippen LogP contribution in [0.2, 0.25) is 0 Å². The maximum absolute atomic E-state index is 12.7. The summed E-state index contributed by atoms with van der Waals surface area (Å²) in [6, 6.07) is 1.89. The molecule has 110 valence electrons. The van der Waals surface area contributed by atoms with E-state index in [0.29, 0.717) is 0 Å². The van der Waals surface area contributed by atoms with Gasteiger partial charge in [-0.3, -0.25) is 0 Å². The van der Waals surface area contributed by atoms with Gasteiger partial charge in [0.25, 0.3) is 0 Å². The first-order valence-corrected chi connectivity index (χ1v) is 7.63. The molecular weight excluding hydrogens is 320 g/mol. The van der Waals surface area contributed by atoms with Crippen molar-refractivity contribution in [2.45, 2.75) is 12.7 Å². The highest BCUT2D eigenvalue weighted by Crippen LogP contribution is 2.31. The third-order valence-corrected chi connectivity index (χ3v) is 3.16. The van der Waals surface area contributed by atoms with Crippen molar-refractivity contribution in [2.24, 2.45) is 5.11 Å². The van der Waals surface area contributed by atoms with E-state index in [2.05, 4.69) is 14.2 Å². The first-order chi connectivity index (χ1) is 9.02. The average Bonchev–Trinajstić information content (AvgIpc) is 2.21. The lowest BCUT2D eigenvalue weighted by molar-refractivity contribution is 0.438. The molecule has 1 aromatic carbocycles. The van der Waals surface area contributed by atoms with E-state index in [4.69, 9.17) is 5.53 Å². The zero-order valence-electron chi connectivity index (χ0n) is 9.82. The molecule has 0 bridgehead atoms. The molecule has 1 rings (SSSR count). The van der Waals surface area contributed by atoms with Gasteiger partial charge in [0, 0.05) is 10.6 Å². The first kappa shape index (κ1) is 16.1. The van der Waals surface area contributed by atoms with Crippen LogP contribution >= 0.6 is 0 Å². The van der Waals surface area contributed by atoms with Gasteiger partial charge in [-0.1, -0.05) is 9.00 Å². The van der Waals surface area contributed by atoms with E-state index in [1.807, 2.05) is 0 Å². The van der Waals surface area contributed by atoms with Crippen LogP contribution in [-0.2, 0) is 26.5 Å². The summed E-state index contributed by atoms with van der Waals surface area (Å²) in [4.78, 5) is 2.39. The molecule has 0 amide bonds. The van der Waals surface area contributed by atoms with Crippen molar-refractivity contribution in [1.29, 1.82) is 0 Å². The molecule has 0 saturated heterocycles. The Hall–Kier alpha value is -1.91. The van der Waals surface area contributed by atoms with Gasteiger partial charge in [0.2, 0.25) is 0 Å². The predicted octanol–water partition coefficient (Wildman–Crippen LogP) is 2.33. The third-order valence-electron chi connectivity index (χ3n) is 2.13. The monoisotopic (exact) mass is 327 g/mol. The smallest absolute Gasteiger partial charge is 0.358 e. The summed E-state index contributed by atoms with van der Waals surface area (Å²) >= 11 is 0. The van der Waals surface area contributed by atoms with Crippen molar-refractivity contribution >= 4 is 26.4 Å². The van der Waals surface area contributed by atoms with Crippen molar-refractivity contribution in [3.05, 3.63) is 33.7 Å². The summed E-state index contributed by atoms with van der Waals surface area (Å²) in [5.74, 6) is -1.70. The summed E-state index contributed by atoms with van der Waals surface area (Å²) < 4.78 is 71.3. The quantitative estimate of drug-likeness (QED) is 0.355. The van der Waals surface area contributed by atoms with Crippen molar-refractivity contribution in [1.82, 2.24) is 0 Å². The number of hydrogen-bond acceptors (Lipinski definition) is 6. The molecule has 0 fully saturated rings. The van der Waals surface area contributed by atoms with Gasteiger partial charge in [0.15, 0.2) is 0 Å². The van der Waals surface area contributed by atoms with Crippen LogP contribution in [0.3, 0.4) is 0 Å². The highest BCUT2D eigenvalue weighted by molar-refractivity contribution is 7.85. The molecule has 0 saturated carbocycles. The van der Waals surface area contributed by atoms with E-state index >= 15 is 0 Å². The first-order valence-electron chi connectivity index (χ1n) is 4.77. The van der Waals surface area contributed by atoms with Crippen LogP contribution in [0.4, 0.5) is 13.5 Å². The Bertz CT molecular complexity index is 729. The molecule has 20 heavy (non-hydrogen) atoms. The van der Waals surface area contributed by atoms with E-state index in [-0.39, 0.29) is 16.8 Å². The third kappa shape index (κ3) is 4.99. The summed E-state index contributed by atoms with van der Waals surface area (Å²) in [6.45, 7) is 1.20. The molecule has 0 aromatic heterocycles. The van der Waals surface area contributed by atoms with Gasteiger partial charge in [-0.05, 0) is 35.7 Å². The predicted molar refractivity (Wildman–Crippen MR) is 64.4 cm³/mol. The molecule has 8 nitrogen and oxygen atoms in total. The van der Waals surface area contributed by atoms with Crippen molar-refractivity contribution in [3.63, 3.8) is 0 Å². The fourth-order valence-electron chi connectivity index (χ4n) is 1.37. The minimum Gasteiger partial charge on any atom is -0.358 e. The molecule has 0 radical (unpaired) electrons. The highest BCUT2D eigenvalue weighted by atomic mass is 32.3. The second-order valence-corrected chi connectivity index (χ2v) is 5.90. The largest absolute Gasteiger partial charge is 0.488 e. The Labute approximate surface area is 113 Å². The molecule has 0 unspecified atom stereocenters. The van der Waals surface area contributed by atoms with Gasteiger partial charge < -0.3 is 4.18 Å². The van der Waals surface area contributed by atoms with Crippen LogP contribution in [0.1, 0.15) is 11.1 Å². The van der Waals surface area contributed by atoms with Crippen LogP contribution in [0.5, 0.6) is 5.75 Å². The fourth-order valence-corrected chi connectivity index (χ4v) is 2.43. The number of halogens is 2. The Kier molecular flexibility index (Phi) is 4.53. The Morgan fingerprint density at radius 2 is 1.90 bits per heavy atom. The molecule has 12 heteroatoms. The number of benzene rings is 1. The number of nitrogens with zero attached hydrogens (tertiary/aromatic N) is 3. The molecule has 0 aliphatic carbocycles. The summed E-state index contributed by atoms with van der Waals surface area (Å²) in [6.07, 6.45) is 0. The van der Waals surface area contributed by atoms with Crippen molar-refractivity contribution < 1.29 is 28.8 Å². The summed E-state index contributed by atoms with van der Waals surface area (Å²) in [5, 5.41) is 3.10. The molecule has 0 N–H and O–H groups in total. The lowest BCUT2D eigenvalue weighted by Gasteiger charge is -2.10. The molecule has 0 aliphatic rings. The highest BCUT2D eigenvalue weighted by Gasteiger charge is 2.18. The van der Waals surface area contributed by atoms with Gasteiger partial charge in [-0.15, -0.1) is 3.89 Å². The molecule has 1 aromatic rings. The molecular formula is C8H7F2N3O5S2. The summed E-state index contributed by atoms with van der Waals surface area (Å²) in [5.41, 5.74) is 7.67. The minimum absolute atomic E-state index is 0.121. The van der Waals surface area contributed by atoms with E-state index in [1.165, 1.54) is 6.92 Å². The zero-order valence-corrected chi connectivity index (χ0v) is 11.5. The number of hydrogen-bond donors (Lipinski definition) is 0. The summed E-state index contributed by atoms with van der Waals surface area (Å²) in [7, 11) is -10.3. The average molecular weight is 327 g/mol. The maximum Gasteiger partial charge on any atom is 0.488 e. The standard InChI is InChI=1S/C8H7F2N3O5S2/c1-5-6(4-19(9,14)15)2-7(12-13-11)3-8(5)18-20(10,16)17/h2-3H,4H2,1H3. The second kappa shape index (κ2) is 5.61. The van der Waals surface area contributed by atoms with Crippen LogP contribution in [0.15, 0.2) is 17.2 Å². The molecule has 0 atom stereocenters. The van der Waals surface area contributed by atoms with Crippen LogP contribution in [-0.4, -0.2) is 16.8 Å². The van der Waals surface area contributed by atoms with Crippen LogP contribution in [0, 0.1) is 6.92 Å². The van der Waals surface area contributed by atoms with E-state index in [1.54, 1.807) is 0 Å². The lowest BCUT2D eigenvalue weighted by Crippen LogP contribution is -2.05. The van der Waals surface area contributed by atoms with Crippen molar-refractivity contribution in [2.75, 3.05) is 0 Å². The van der Waals surface area contributed by atoms with E-state index in [0.717, 1.165) is 12.1 Å². The number of azide groups is 1. The normalized spacial score (nSPS) is 11.8. The van der Waals surface area contributed by atoms with Gasteiger partial charge >= 0.3 is 20.7 Å². The van der Waals surface area contributed by atoms with E-state index in [9.17, 15) is 24.6 Å². The van der Waals surface area contributed by atoms with Gasteiger partial charge in [-0.25, -0.2) is 0 Å². The molecule has 0 spiro atoms. The zero-order chi connectivity index (χ0) is 15.6. The molecule has 0 aliphatic heterocycles. The second-order valence-electron chi connectivity index (χ2n) is 3.58. The van der Waals surface area contributed by atoms with Crippen LogP contribution < -0.4 is 4.18 Å². The maximum atomic E-state index is 12.7. The fraction of sp³-hybridized carbons (Fsp3) is 0.250.